The van der Waals surface area contributed by atoms with Crippen LogP contribution in [-0.4, -0.2) is 42.8 Å². The maximum Gasteiger partial charge on any atom is 0.0620 e. The van der Waals surface area contributed by atoms with Gasteiger partial charge in [0.25, 0.3) is 0 Å². The first-order valence-corrected chi connectivity index (χ1v) is 8.28. The van der Waals surface area contributed by atoms with Gasteiger partial charge in [-0.2, -0.15) is 0 Å². The summed E-state index contributed by atoms with van der Waals surface area (Å²) >= 11 is 0. The van der Waals surface area contributed by atoms with Gasteiger partial charge in [-0.1, -0.05) is 0 Å². The number of hydrogen-bond acceptors (Lipinski definition) is 3. The molecule has 1 unspecified atom stereocenters. The molecular formula is C16H28N2O. The second kappa shape index (κ2) is 4.44. The van der Waals surface area contributed by atoms with E-state index in [1.807, 2.05) is 0 Å². The zero-order valence-corrected chi connectivity index (χ0v) is 12.2. The first-order chi connectivity index (χ1) is 9.24. The molecule has 1 atom stereocenters. The fraction of sp³-hybridized carbons (Fsp3) is 1.00. The summed E-state index contributed by atoms with van der Waals surface area (Å²) < 4.78 is 5.66. The molecule has 4 bridgehead atoms. The van der Waals surface area contributed by atoms with Gasteiger partial charge in [-0.05, 0) is 62.7 Å². The van der Waals surface area contributed by atoms with Crippen molar-refractivity contribution in [1.29, 1.82) is 0 Å². The molecule has 19 heavy (non-hydrogen) atoms. The quantitative estimate of drug-likeness (QED) is 0.827. The fourth-order valence-corrected chi connectivity index (χ4v) is 6.27. The van der Waals surface area contributed by atoms with Crippen LogP contribution >= 0.6 is 0 Å². The number of hydrogen-bond donors (Lipinski definition) is 1. The molecule has 2 N–H and O–H groups in total. The summed E-state index contributed by atoms with van der Waals surface area (Å²) in [5, 5.41) is 0. The summed E-state index contributed by atoms with van der Waals surface area (Å²) in [6.45, 7) is 6.10. The molecule has 1 saturated heterocycles. The third-order valence-corrected chi connectivity index (χ3v) is 6.78. The zero-order valence-electron chi connectivity index (χ0n) is 12.2. The Morgan fingerprint density at radius 2 is 1.74 bits per heavy atom. The Balaban J connectivity index is 1.69. The zero-order chi connectivity index (χ0) is 13.0. The average Bonchev–Trinajstić information content (AvgIpc) is 2.40. The summed E-state index contributed by atoms with van der Waals surface area (Å²) in [6.07, 6.45) is 7.33. The van der Waals surface area contributed by atoms with E-state index >= 15 is 0 Å². The van der Waals surface area contributed by atoms with Crippen LogP contribution in [0.4, 0.5) is 0 Å². The van der Waals surface area contributed by atoms with Crippen LogP contribution in [0.2, 0.25) is 0 Å². The molecule has 0 amide bonds. The molecule has 5 fully saturated rings. The van der Waals surface area contributed by atoms with Gasteiger partial charge in [0.15, 0.2) is 0 Å². The largest absolute Gasteiger partial charge is 0.379 e. The van der Waals surface area contributed by atoms with Crippen molar-refractivity contribution < 1.29 is 4.74 Å². The summed E-state index contributed by atoms with van der Waals surface area (Å²) in [5.74, 6) is 3.79. The molecule has 108 valence electrons. The highest BCUT2D eigenvalue weighted by atomic mass is 16.5. The van der Waals surface area contributed by atoms with Crippen LogP contribution in [0.3, 0.4) is 0 Å². The van der Waals surface area contributed by atoms with Gasteiger partial charge in [-0.25, -0.2) is 0 Å². The summed E-state index contributed by atoms with van der Waals surface area (Å²) in [7, 11) is 0. The van der Waals surface area contributed by atoms with Crippen molar-refractivity contribution in [2.75, 3.05) is 26.3 Å². The Hall–Kier alpha value is -0.120. The third kappa shape index (κ3) is 1.68. The minimum absolute atomic E-state index is 0.316. The van der Waals surface area contributed by atoms with Gasteiger partial charge in [0, 0.05) is 24.7 Å². The first-order valence-electron chi connectivity index (χ1n) is 8.28. The van der Waals surface area contributed by atoms with Crippen molar-refractivity contribution in [1.82, 2.24) is 4.90 Å². The van der Waals surface area contributed by atoms with Crippen molar-refractivity contribution in [3.8, 4) is 0 Å². The maximum absolute atomic E-state index is 6.40. The standard InChI is InChI=1S/C16H28N2O/c1-11-9-19-3-2-18(11)16(10-17)14-5-12-4-13(7-14)8-15(16)6-12/h11-15H,2-10,17H2,1H3. The van der Waals surface area contributed by atoms with Gasteiger partial charge >= 0.3 is 0 Å². The van der Waals surface area contributed by atoms with Gasteiger partial charge in [-0.3, -0.25) is 4.90 Å². The molecule has 3 nitrogen and oxygen atoms in total. The van der Waals surface area contributed by atoms with E-state index in [0.29, 0.717) is 11.6 Å². The monoisotopic (exact) mass is 264 g/mol. The second-order valence-corrected chi connectivity index (χ2v) is 7.62. The molecular weight excluding hydrogens is 236 g/mol. The van der Waals surface area contributed by atoms with E-state index in [-0.39, 0.29) is 0 Å². The SMILES string of the molecule is CC1COCCN1C1(CN)C2CC3CC(C2)CC1C3. The predicted octanol–water partition coefficient (Wildman–Crippen LogP) is 1.86. The average molecular weight is 264 g/mol. The van der Waals surface area contributed by atoms with E-state index in [4.69, 9.17) is 10.5 Å². The summed E-state index contributed by atoms with van der Waals surface area (Å²) in [4.78, 5) is 2.77. The summed E-state index contributed by atoms with van der Waals surface area (Å²) in [5.41, 5.74) is 6.72. The van der Waals surface area contributed by atoms with Crippen LogP contribution in [0.25, 0.3) is 0 Å². The number of morpholine rings is 1. The lowest BCUT2D eigenvalue weighted by Crippen LogP contribution is -2.72. The third-order valence-electron chi connectivity index (χ3n) is 6.78. The fourth-order valence-electron chi connectivity index (χ4n) is 6.27. The van der Waals surface area contributed by atoms with Crippen molar-refractivity contribution in [3.05, 3.63) is 0 Å². The van der Waals surface area contributed by atoms with E-state index in [1.54, 1.807) is 0 Å². The molecule has 1 aliphatic heterocycles. The molecule has 5 aliphatic rings. The highest BCUT2D eigenvalue weighted by Crippen LogP contribution is 2.60. The Morgan fingerprint density at radius 3 is 2.26 bits per heavy atom. The smallest absolute Gasteiger partial charge is 0.0620 e. The lowest BCUT2D eigenvalue weighted by molar-refractivity contribution is -0.167. The van der Waals surface area contributed by atoms with E-state index in [9.17, 15) is 0 Å². The summed E-state index contributed by atoms with van der Waals surface area (Å²) in [6, 6.07) is 0.551. The molecule has 4 aliphatic carbocycles. The van der Waals surface area contributed by atoms with Crippen LogP contribution in [0.15, 0.2) is 0 Å². The van der Waals surface area contributed by atoms with Gasteiger partial charge in [-0.15, -0.1) is 0 Å². The Kier molecular flexibility index (Phi) is 2.95. The minimum Gasteiger partial charge on any atom is -0.379 e. The topological polar surface area (TPSA) is 38.5 Å². The van der Waals surface area contributed by atoms with Crippen LogP contribution < -0.4 is 5.73 Å². The molecule has 0 aromatic heterocycles. The van der Waals surface area contributed by atoms with Crippen molar-refractivity contribution >= 4 is 0 Å². The van der Waals surface area contributed by atoms with Gasteiger partial charge in [0.05, 0.1) is 13.2 Å². The molecule has 0 aromatic carbocycles. The predicted molar refractivity (Wildman–Crippen MR) is 75.8 cm³/mol. The lowest BCUT2D eigenvalue weighted by atomic mass is 9.48. The van der Waals surface area contributed by atoms with Crippen molar-refractivity contribution in [2.45, 2.75) is 50.6 Å². The second-order valence-electron chi connectivity index (χ2n) is 7.62. The molecule has 4 saturated carbocycles. The number of rotatable bonds is 2. The van der Waals surface area contributed by atoms with Crippen molar-refractivity contribution in [3.63, 3.8) is 0 Å². The molecule has 5 rings (SSSR count). The van der Waals surface area contributed by atoms with Gasteiger partial charge in [0.2, 0.25) is 0 Å². The van der Waals surface area contributed by atoms with Crippen LogP contribution in [0.5, 0.6) is 0 Å². The normalized spacial score (nSPS) is 53.7. The Bertz CT molecular complexity index is 329. The highest BCUT2D eigenvalue weighted by molar-refractivity contribution is 5.13. The molecule has 0 aromatic rings. The van der Waals surface area contributed by atoms with Gasteiger partial charge < -0.3 is 10.5 Å². The van der Waals surface area contributed by atoms with Crippen molar-refractivity contribution in [2.24, 2.45) is 29.4 Å². The van der Waals surface area contributed by atoms with E-state index in [1.165, 1.54) is 32.1 Å². The molecule has 1 heterocycles. The number of ether oxygens (including phenoxy) is 1. The van der Waals surface area contributed by atoms with Gasteiger partial charge in [0.1, 0.15) is 0 Å². The first kappa shape index (κ1) is 12.6. The highest BCUT2D eigenvalue weighted by Gasteiger charge is 2.59. The van der Waals surface area contributed by atoms with E-state index < -0.39 is 0 Å². The van der Waals surface area contributed by atoms with E-state index in [0.717, 1.165) is 50.0 Å². The Labute approximate surface area is 116 Å². The number of nitrogens with zero attached hydrogens (tertiary/aromatic N) is 1. The number of nitrogens with two attached hydrogens (primary N) is 1. The lowest BCUT2D eigenvalue weighted by Gasteiger charge is -2.66. The molecule has 0 radical (unpaired) electrons. The Morgan fingerprint density at radius 1 is 1.11 bits per heavy atom. The van der Waals surface area contributed by atoms with Crippen LogP contribution in [-0.2, 0) is 4.74 Å². The van der Waals surface area contributed by atoms with Crippen LogP contribution in [0, 0.1) is 23.7 Å². The minimum atomic E-state index is 0.316. The maximum atomic E-state index is 6.40. The molecule has 3 heteroatoms. The molecule has 0 spiro atoms. The van der Waals surface area contributed by atoms with Crippen LogP contribution in [0.1, 0.15) is 39.0 Å². The van der Waals surface area contributed by atoms with E-state index in [2.05, 4.69) is 11.8 Å².